The van der Waals surface area contributed by atoms with E-state index in [1.165, 1.54) is 11.8 Å². The fraction of sp³-hybridized carbons (Fsp3) is 0.500. The van der Waals surface area contributed by atoms with Crippen LogP contribution in [0, 0.1) is 5.92 Å². The molecular weight excluding hydrogens is 353 g/mol. The van der Waals surface area contributed by atoms with Crippen molar-refractivity contribution in [1.82, 2.24) is 0 Å². The Bertz CT molecular complexity index is 540. The Morgan fingerprint density at radius 1 is 1.30 bits per heavy atom. The highest BCUT2D eigenvalue weighted by Crippen LogP contribution is 2.31. The van der Waals surface area contributed by atoms with Crippen LogP contribution in [-0.4, -0.2) is 22.9 Å². The Kier molecular flexibility index (Phi) is 8.99. The quantitative estimate of drug-likeness (QED) is 0.530. The molecule has 0 saturated heterocycles. The van der Waals surface area contributed by atoms with Gasteiger partial charge in [-0.2, -0.15) is 0 Å². The van der Waals surface area contributed by atoms with E-state index in [0.29, 0.717) is 26.7 Å². The van der Waals surface area contributed by atoms with Gasteiger partial charge in [-0.05, 0) is 31.9 Å². The molecule has 1 aromatic carbocycles. The number of hydrogen-bond acceptors (Lipinski definition) is 4. The summed E-state index contributed by atoms with van der Waals surface area (Å²) in [5.74, 6) is 0.639. The van der Waals surface area contributed by atoms with E-state index in [1.54, 1.807) is 25.1 Å². The maximum Gasteiger partial charge on any atom is 0.163 e. The molecule has 0 fully saturated rings. The van der Waals surface area contributed by atoms with Crippen LogP contribution >= 0.6 is 35.0 Å². The summed E-state index contributed by atoms with van der Waals surface area (Å²) in [5, 5.41) is 4.61. The summed E-state index contributed by atoms with van der Waals surface area (Å²) in [6.07, 6.45) is 1.30. The van der Waals surface area contributed by atoms with Gasteiger partial charge in [0.05, 0.1) is 27.7 Å². The molecule has 128 valence electrons. The maximum atomic E-state index is 12.2. The van der Waals surface area contributed by atoms with E-state index < -0.39 is 6.17 Å². The summed E-state index contributed by atoms with van der Waals surface area (Å²) < 4.78 is 0. The lowest BCUT2D eigenvalue weighted by molar-refractivity contribution is -0.120. The number of thioether (sulfide) groups is 1. The summed E-state index contributed by atoms with van der Waals surface area (Å²) in [6.45, 7) is 5.81. The highest BCUT2D eigenvalue weighted by atomic mass is 35.5. The number of rotatable bonds is 7. The van der Waals surface area contributed by atoms with E-state index in [1.807, 2.05) is 13.8 Å². The van der Waals surface area contributed by atoms with E-state index in [9.17, 15) is 4.79 Å². The summed E-state index contributed by atoms with van der Waals surface area (Å²) in [6, 6.07) is 5.24. The predicted molar refractivity (Wildman–Crippen MR) is 103 cm³/mol. The van der Waals surface area contributed by atoms with Crippen molar-refractivity contribution in [3.63, 3.8) is 0 Å². The van der Waals surface area contributed by atoms with Crippen LogP contribution in [0.1, 0.15) is 33.6 Å². The van der Waals surface area contributed by atoms with E-state index in [0.717, 1.165) is 12.8 Å². The van der Waals surface area contributed by atoms with Gasteiger partial charge in [0, 0.05) is 5.92 Å². The second kappa shape index (κ2) is 10.2. The Labute approximate surface area is 152 Å². The van der Waals surface area contributed by atoms with E-state index >= 15 is 0 Å². The lowest BCUT2D eigenvalue weighted by Crippen LogP contribution is -2.21. The number of ketones is 1. The van der Waals surface area contributed by atoms with Crippen LogP contribution in [0.3, 0.4) is 0 Å². The number of anilines is 1. The van der Waals surface area contributed by atoms with Crippen molar-refractivity contribution in [3.8, 4) is 0 Å². The number of Topliss-reactive ketones (excluding diaryl/α,β-unsaturated/α-hetero) is 1. The van der Waals surface area contributed by atoms with Gasteiger partial charge in [0.1, 0.15) is 5.78 Å². The van der Waals surface area contributed by atoms with Crippen molar-refractivity contribution in [3.05, 3.63) is 28.2 Å². The molecule has 0 aliphatic heterocycles. The normalized spacial score (nSPS) is 13.3. The van der Waals surface area contributed by atoms with Crippen molar-refractivity contribution in [2.75, 3.05) is 11.1 Å². The fourth-order valence-corrected chi connectivity index (χ4v) is 3.44. The monoisotopic (exact) mass is 375 g/mol. The first-order valence-corrected chi connectivity index (χ1v) is 9.33. The number of aliphatic imine (C=N–C) groups is 1. The second-order valence-corrected chi connectivity index (χ2v) is 6.94. The number of hydrogen-bond donors (Lipinski definition) is 2. The zero-order valence-corrected chi connectivity index (χ0v) is 15.9. The summed E-state index contributed by atoms with van der Waals surface area (Å²) >= 11 is 13.6. The lowest BCUT2D eigenvalue weighted by atomic mass is 10.00. The Hall–Kier alpha value is -0.750. The minimum absolute atomic E-state index is 0.0861. The van der Waals surface area contributed by atoms with Gasteiger partial charge in [-0.3, -0.25) is 4.79 Å². The molecule has 0 aromatic heterocycles. The van der Waals surface area contributed by atoms with Crippen LogP contribution in [0.4, 0.5) is 5.69 Å². The number of benzene rings is 1. The van der Waals surface area contributed by atoms with Crippen molar-refractivity contribution in [2.24, 2.45) is 16.6 Å². The first-order chi connectivity index (χ1) is 10.9. The molecule has 0 radical (unpaired) electrons. The van der Waals surface area contributed by atoms with Gasteiger partial charge in [0.2, 0.25) is 0 Å². The number of para-hydroxylation sites is 1. The summed E-state index contributed by atoms with van der Waals surface area (Å²) in [5.41, 5.74) is 6.32. The molecule has 23 heavy (non-hydrogen) atoms. The van der Waals surface area contributed by atoms with Crippen LogP contribution in [-0.2, 0) is 4.79 Å². The Morgan fingerprint density at radius 3 is 2.35 bits per heavy atom. The number of amidine groups is 1. The fourth-order valence-electron chi connectivity index (χ4n) is 2.02. The zero-order valence-electron chi connectivity index (χ0n) is 13.6. The van der Waals surface area contributed by atoms with Gasteiger partial charge in [0.15, 0.2) is 5.17 Å². The van der Waals surface area contributed by atoms with Crippen LogP contribution in [0.5, 0.6) is 0 Å². The molecule has 4 nitrogen and oxygen atoms in total. The molecule has 0 aliphatic rings. The number of halogens is 2. The molecule has 0 bridgehead atoms. The molecule has 0 saturated carbocycles. The van der Waals surface area contributed by atoms with E-state index in [4.69, 9.17) is 28.9 Å². The molecule has 0 heterocycles. The minimum Gasteiger partial charge on any atom is -0.332 e. The number of nitrogens with one attached hydrogen (secondary N) is 1. The van der Waals surface area contributed by atoms with E-state index in [2.05, 4.69) is 10.3 Å². The molecular formula is C16H23Cl2N3OS. The van der Waals surface area contributed by atoms with Gasteiger partial charge in [-0.15, -0.1) is 0 Å². The van der Waals surface area contributed by atoms with Gasteiger partial charge in [-0.1, -0.05) is 54.9 Å². The molecule has 1 unspecified atom stereocenters. The van der Waals surface area contributed by atoms with Crippen LogP contribution in [0.15, 0.2) is 23.2 Å². The summed E-state index contributed by atoms with van der Waals surface area (Å²) in [7, 11) is 0. The maximum absolute atomic E-state index is 12.2. The molecule has 1 rings (SSSR count). The summed E-state index contributed by atoms with van der Waals surface area (Å²) in [4.78, 5) is 16.5. The van der Waals surface area contributed by atoms with Crippen LogP contribution in [0.2, 0.25) is 10.0 Å². The predicted octanol–water partition coefficient (Wildman–Crippen LogP) is 4.80. The molecule has 0 spiro atoms. The second-order valence-electron chi connectivity index (χ2n) is 5.16. The molecule has 3 N–H and O–H groups in total. The first-order valence-electron chi connectivity index (χ1n) is 7.58. The molecule has 0 aliphatic carbocycles. The van der Waals surface area contributed by atoms with Gasteiger partial charge < -0.3 is 11.1 Å². The third-order valence-electron chi connectivity index (χ3n) is 3.31. The molecule has 7 heteroatoms. The van der Waals surface area contributed by atoms with Crippen molar-refractivity contribution >= 4 is 51.6 Å². The zero-order chi connectivity index (χ0) is 17.4. The largest absolute Gasteiger partial charge is 0.332 e. The highest BCUT2D eigenvalue weighted by Gasteiger charge is 2.16. The number of nitrogens with zero attached hydrogens (tertiary/aromatic N) is 1. The van der Waals surface area contributed by atoms with Crippen LogP contribution in [0.25, 0.3) is 0 Å². The van der Waals surface area contributed by atoms with E-state index in [-0.39, 0.29) is 11.7 Å². The van der Waals surface area contributed by atoms with Gasteiger partial charge in [-0.25, -0.2) is 4.99 Å². The highest BCUT2D eigenvalue weighted by molar-refractivity contribution is 8.14. The molecule has 1 aromatic rings. The van der Waals surface area contributed by atoms with Crippen molar-refractivity contribution < 1.29 is 4.79 Å². The van der Waals surface area contributed by atoms with Crippen molar-refractivity contribution in [2.45, 2.75) is 39.8 Å². The smallest absolute Gasteiger partial charge is 0.163 e. The number of carbonyl (C=O) groups excluding carboxylic acids is 1. The SMILES string of the molecule is CCC(CC)C(=O)CS/C(=N\C(C)N)Nc1c(Cl)cccc1Cl. The molecule has 0 amide bonds. The third-order valence-corrected chi connectivity index (χ3v) is 4.85. The first kappa shape index (κ1) is 20.3. The topological polar surface area (TPSA) is 67.5 Å². The minimum atomic E-state index is -0.394. The molecule has 1 atom stereocenters. The standard InChI is InChI=1S/C16H23Cl2N3OS/c1-4-11(5-2)14(22)9-23-16(20-10(3)19)21-15-12(17)7-6-8-13(15)18/h6-8,10-11H,4-5,9,19H2,1-3H3,(H,20,21). The Morgan fingerprint density at radius 2 is 1.87 bits per heavy atom. The van der Waals surface area contributed by atoms with Crippen molar-refractivity contribution in [1.29, 1.82) is 0 Å². The van der Waals surface area contributed by atoms with Gasteiger partial charge in [0.25, 0.3) is 0 Å². The lowest BCUT2D eigenvalue weighted by Gasteiger charge is -2.15. The number of nitrogens with two attached hydrogens (primary N) is 1. The number of carbonyl (C=O) groups is 1. The third kappa shape index (κ3) is 6.71. The van der Waals surface area contributed by atoms with Gasteiger partial charge >= 0.3 is 0 Å². The average Bonchev–Trinajstić information content (AvgIpc) is 2.49. The average molecular weight is 376 g/mol. The Balaban J connectivity index is 2.84. The van der Waals surface area contributed by atoms with Crippen LogP contribution < -0.4 is 11.1 Å².